The molecule has 2 N–H and O–H groups in total. The number of nitrogens with zero attached hydrogens (tertiary/aromatic N) is 1. The SMILES string of the molecule is CCOc1ccn(-c2ccc(F)cc2)c(=O)c1C(=O)Nc1ccc(Oc2ccc(O)c(C(C)=O)c2)c(F)c1. The topological polar surface area (TPSA) is 107 Å². The van der Waals surface area contributed by atoms with E-state index >= 15 is 0 Å². The minimum absolute atomic E-state index is 0.0195. The van der Waals surface area contributed by atoms with Crippen molar-refractivity contribution in [2.45, 2.75) is 13.8 Å². The van der Waals surface area contributed by atoms with Crippen molar-refractivity contribution in [2.75, 3.05) is 11.9 Å². The van der Waals surface area contributed by atoms with Crippen LogP contribution in [0, 0.1) is 11.6 Å². The first-order chi connectivity index (χ1) is 18.2. The van der Waals surface area contributed by atoms with Gasteiger partial charge < -0.3 is 19.9 Å². The van der Waals surface area contributed by atoms with Crippen LogP contribution in [0.15, 0.2) is 77.7 Å². The number of ketones is 1. The molecule has 1 aromatic heterocycles. The third-order valence-electron chi connectivity index (χ3n) is 5.45. The molecule has 0 radical (unpaired) electrons. The van der Waals surface area contributed by atoms with Gasteiger partial charge in [-0.2, -0.15) is 0 Å². The van der Waals surface area contributed by atoms with Gasteiger partial charge in [-0.15, -0.1) is 0 Å². The van der Waals surface area contributed by atoms with Crippen molar-refractivity contribution in [3.63, 3.8) is 0 Å². The highest BCUT2D eigenvalue weighted by Gasteiger charge is 2.21. The Morgan fingerprint density at radius 2 is 1.71 bits per heavy atom. The van der Waals surface area contributed by atoms with Crippen molar-refractivity contribution in [3.05, 3.63) is 106 Å². The lowest BCUT2D eigenvalue weighted by atomic mass is 10.1. The normalized spacial score (nSPS) is 10.6. The van der Waals surface area contributed by atoms with Crippen LogP contribution in [0.4, 0.5) is 14.5 Å². The van der Waals surface area contributed by atoms with Crippen LogP contribution in [0.3, 0.4) is 0 Å². The molecule has 8 nitrogen and oxygen atoms in total. The molecule has 38 heavy (non-hydrogen) atoms. The summed E-state index contributed by atoms with van der Waals surface area (Å²) >= 11 is 0. The highest BCUT2D eigenvalue weighted by molar-refractivity contribution is 6.06. The number of carbonyl (C=O) groups is 2. The van der Waals surface area contributed by atoms with Crippen LogP contribution in [0.25, 0.3) is 5.69 Å². The number of phenols is 1. The van der Waals surface area contributed by atoms with Gasteiger partial charge in [0, 0.05) is 23.6 Å². The fourth-order valence-corrected chi connectivity index (χ4v) is 3.65. The zero-order chi connectivity index (χ0) is 27.4. The van der Waals surface area contributed by atoms with Crippen LogP contribution in [0.2, 0.25) is 0 Å². The van der Waals surface area contributed by atoms with Crippen molar-refractivity contribution in [2.24, 2.45) is 0 Å². The Labute approximate surface area is 215 Å². The number of amides is 1. The zero-order valence-electron chi connectivity index (χ0n) is 20.3. The van der Waals surface area contributed by atoms with E-state index in [2.05, 4.69) is 5.32 Å². The Bertz CT molecular complexity index is 1580. The molecule has 0 spiro atoms. The zero-order valence-corrected chi connectivity index (χ0v) is 20.3. The van der Waals surface area contributed by atoms with Crippen molar-refractivity contribution in [1.82, 2.24) is 4.57 Å². The Hall–Kier alpha value is -4.99. The molecule has 3 aromatic carbocycles. The Kier molecular flexibility index (Phi) is 7.52. The molecule has 1 heterocycles. The molecule has 0 bridgehead atoms. The second-order valence-electron chi connectivity index (χ2n) is 8.08. The summed E-state index contributed by atoms with van der Waals surface area (Å²) in [5.41, 5.74) is -0.641. The molecule has 0 unspecified atom stereocenters. The monoisotopic (exact) mass is 520 g/mol. The Balaban J connectivity index is 1.61. The summed E-state index contributed by atoms with van der Waals surface area (Å²) in [5, 5.41) is 12.3. The van der Waals surface area contributed by atoms with E-state index in [1.165, 1.54) is 78.4 Å². The molecule has 4 aromatic rings. The first kappa shape index (κ1) is 26.1. The van der Waals surface area contributed by atoms with Gasteiger partial charge in [-0.05, 0) is 74.5 Å². The summed E-state index contributed by atoms with van der Waals surface area (Å²) in [5.74, 6) is -2.82. The summed E-state index contributed by atoms with van der Waals surface area (Å²) in [4.78, 5) is 37.9. The molecular formula is C28H22F2N2O6. The summed E-state index contributed by atoms with van der Waals surface area (Å²) < 4.78 is 40.3. The Morgan fingerprint density at radius 3 is 2.37 bits per heavy atom. The number of anilines is 1. The number of carbonyl (C=O) groups excluding carboxylic acids is 2. The molecule has 4 rings (SSSR count). The van der Waals surface area contributed by atoms with Gasteiger partial charge in [-0.1, -0.05) is 0 Å². The third-order valence-corrected chi connectivity index (χ3v) is 5.45. The predicted molar refractivity (Wildman–Crippen MR) is 136 cm³/mol. The quantitative estimate of drug-likeness (QED) is 0.299. The summed E-state index contributed by atoms with van der Waals surface area (Å²) in [6, 6.07) is 14.1. The molecule has 0 saturated carbocycles. The highest BCUT2D eigenvalue weighted by Crippen LogP contribution is 2.30. The molecule has 0 aliphatic heterocycles. The fourth-order valence-electron chi connectivity index (χ4n) is 3.65. The smallest absolute Gasteiger partial charge is 0.271 e. The first-order valence-electron chi connectivity index (χ1n) is 11.4. The summed E-state index contributed by atoms with van der Waals surface area (Å²) in [6.45, 7) is 3.15. The molecular weight excluding hydrogens is 498 g/mol. The molecule has 0 atom stereocenters. The second-order valence-corrected chi connectivity index (χ2v) is 8.08. The number of aromatic hydroxyl groups is 1. The average Bonchev–Trinajstić information content (AvgIpc) is 2.87. The van der Waals surface area contributed by atoms with Gasteiger partial charge in [0.1, 0.15) is 28.6 Å². The van der Waals surface area contributed by atoms with Crippen molar-refractivity contribution >= 4 is 17.4 Å². The van der Waals surface area contributed by atoms with Crippen molar-refractivity contribution < 1.29 is 33.0 Å². The van der Waals surface area contributed by atoms with Gasteiger partial charge in [0.2, 0.25) is 0 Å². The van der Waals surface area contributed by atoms with E-state index < -0.39 is 28.9 Å². The maximum absolute atomic E-state index is 14.8. The van der Waals surface area contributed by atoms with Gasteiger partial charge in [0.25, 0.3) is 11.5 Å². The standard InChI is InChI=1S/C28H22F2N2O6/c1-3-37-25-12-13-32(19-7-4-17(29)5-8-19)28(36)26(25)27(35)31-18-6-11-24(22(30)14-18)38-20-9-10-23(34)21(15-20)16(2)33/h4-15,34H,3H2,1-2H3,(H,31,35). The number of benzene rings is 3. The molecule has 1 amide bonds. The van der Waals surface area contributed by atoms with E-state index in [-0.39, 0.29) is 46.4 Å². The van der Waals surface area contributed by atoms with E-state index in [9.17, 15) is 28.3 Å². The largest absolute Gasteiger partial charge is 0.507 e. The number of hydrogen-bond donors (Lipinski definition) is 2. The lowest BCUT2D eigenvalue weighted by Gasteiger charge is -2.14. The third kappa shape index (κ3) is 5.54. The van der Waals surface area contributed by atoms with Crippen LogP contribution < -0.4 is 20.3 Å². The number of halogens is 2. The maximum Gasteiger partial charge on any atom is 0.271 e. The fraction of sp³-hybridized carbons (Fsp3) is 0.107. The first-order valence-corrected chi connectivity index (χ1v) is 11.4. The maximum atomic E-state index is 14.8. The van der Waals surface area contributed by atoms with Crippen LogP contribution in [0.1, 0.15) is 34.6 Å². The molecule has 0 saturated heterocycles. The highest BCUT2D eigenvalue weighted by atomic mass is 19.1. The lowest BCUT2D eigenvalue weighted by Crippen LogP contribution is -2.29. The number of ether oxygens (including phenoxy) is 2. The van der Waals surface area contributed by atoms with Gasteiger partial charge in [-0.25, -0.2) is 8.78 Å². The number of rotatable bonds is 8. The van der Waals surface area contributed by atoms with Gasteiger partial charge >= 0.3 is 0 Å². The van der Waals surface area contributed by atoms with Crippen LogP contribution in [-0.4, -0.2) is 28.0 Å². The average molecular weight is 520 g/mol. The minimum Gasteiger partial charge on any atom is -0.507 e. The van der Waals surface area contributed by atoms with E-state index in [1.54, 1.807) is 6.92 Å². The number of Topliss-reactive ketones (excluding diaryl/α,β-unsaturated/α-hetero) is 1. The summed E-state index contributed by atoms with van der Waals surface area (Å²) in [6.07, 6.45) is 1.41. The van der Waals surface area contributed by atoms with E-state index in [1.807, 2.05) is 0 Å². The van der Waals surface area contributed by atoms with Crippen molar-refractivity contribution in [1.29, 1.82) is 0 Å². The lowest BCUT2D eigenvalue weighted by molar-refractivity contribution is 0.100. The molecule has 10 heteroatoms. The molecule has 0 fully saturated rings. The molecule has 0 aliphatic rings. The van der Waals surface area contributed by atoms with Crippen LogP contribution >= 0.6 is 0 Å². The number of pyridine rings is 1. The van der Waals surface area contributed by atoms with Crippen LogP contribution in [-0.2, 0) is 0 Å². The van der Waals surface area contributed by atoms with E-state index in [4.69, 9.17) is 9.47 Å². The van der Waals surface area contributed by atoms with Gasteiger partial charge in [0.15, 0.2) is 17.3 Å². The predicted octanol–water partition coefficient (Wildman–Crippen LogP) is 5.47. The van der Waals surface area contributed by atoms with Gasteiger partial charge in [-0.3, -0.25) is 19.0 Å². The number of aromatic nitrogens is 1. The van der Waals surface area contributed by atoms with Gasteiger partial charge in [0.05, 0.1) is 12.2 Å². The number of hydrogen-bond acceptors (Lipinski definition) is 6. The molecule has 194 valence electrons. The van der Waals surface area contributed by atoms with E-state index in [0.29, 0.717) is 5.69 Å². The molecule has 0 aliphatic carbocycles. The summed E-state index contributed by atoms with van der Waals surface area (Å²) in [7, 11) is 0. The minimum atomic E-state index is -0.840. The Morgan fingerprint density at radius 1 is 0.974 bits per heavy atom. The second kappa shape index (κ2) is 11.0. The number of phenolic OH excluding ortho intramolecular Hbond substituents is 1. The van der Waals surface area contributed by atoms with Crippen molar-refractivity contribution in [3.8, 4) is 28.7 Å². The van der Waals surface area contributed by atoms with E-state index in [0.717, 1.165) is 6.07 Å². The number of nitrogens with one attached hydrogen (secondary N) is 1. The van der Waals surface area contributed by atoms with Crippen LogP contribution in [0.5, 0.6) is 23.0 Å².